The van der Waals surface area contributed by atoms with Crippen LogP contribution in [0.1, 0.15) is 64.1 Å². The summed E-state index contributed by atoms with van der Waals surface area (Å²) in [7, 11) is 0. The van der Waals surface area contributed by atoms with E-state index in [1.807, 2.05) is 36.4 Å². The number of nitrogens with two attached hydrogens (primary N) is 1. The number of rotatable bonds is 6. The molecule has 1 fully saturated rings. The van der Waals surface area contributed by atoms with Crippen molar-refractivity contribution < 1.29 is 14.3 Å². The van der Waals surface area contributed by atoms with E-state index in [1.54, 1.807) is 29.3 Å². The lowest BCUT2D eigenvalue weighted by Crippen LogP contribution is -2.29. The molecule has 1 aliphatic heterocycles. The predicted octanol–water partition coefficient (Wildman–Crippen LogP) is 5.38. The van der Waals surface area contributed by atoms with Crippen LogP contribution in [0.15, 0.2) is 60.8 Å². The normalized spacial score (nSPS) is 15.6. The number of hydrogen-bond donors (Lipinski definition) is 1. The molecule has 33 heavy (non-hydrogen) atoms. The zero-order chi connectivity index (χ0) is 23.5. The summed E-state index contributed by atoms with van der Waals surface area (Å²) in [5.74, 6) is 0.841. The number of para-hydroxylation sites is 1. The Labute approximate surface area is 198 Å². The lowest BCUT2D eigenvalue weighted by atomic mass is 9.93. The molecule has 0 radical (unpaired) electrons. The molecular formula is C26H26ClN3O3. The number of halogens is 1. The number of carbonyl (C=O) groups is 2. The van der Waals surface area contributed by atoms with Crippen molar-refractivity contribution in [3.8, 4) is 11.5 Å². The summed E-state index contributed by atoms with van der Waals surface area (Å²) in [4.78, 5) is 31.0. The van der Waals surface area contributed by atoms with Gasteiger partial charge in [-0.1, -0.05) is 49.7 Å². The van der Waals surface area contributed by atoms with Crippen LogP contribution < -0.4 is 10.5 Å². The van der Waals surface area contributed by atoms with E-state index in [1.165, 1.54) is 0 Å². The third-order valence-electron chi connectivity index (χ3n) is 5.94. The first kappa shape index (κ1) is 22.8. The van der Waals surface area contributed by atoms with Crippen LogP contribution >= 0.6 is 11.6 Å². The highest BCUT2D eigenvalue weighted by molar-refractivity contribution is 6.33. The van der Waals surface area contributed by atoms with Crippen LogP contribution in [0.25, 0.3) is 0 Å². The molecule has 2 N–H and O–H groups in total. The molecule has 1 saturated heterocycles. The van der Waals surface area contributed by atoms with Crippen molar-refractivity contribution in [3.05, 3.63) is 88.2 Å². The fraction of sp³-hybridized carbons (Fsp3) is 0.269. The van der Waals surface area contributed by atoms with Gasteiger partial charge in [-0.2, -0.15) is 0 Å². The van der Waals surface area contributed by atoms with Crippen LogP contribution in [-0.2, 0) is 0 Å². The van der Waals surface area contributed by atoms with Crippen LogP contribution in [0.3, 0.4) is 0 Å². The molecule has 1 atom stereocenters. The second-order valence-corrected chi connectivity index (χ2v) is 8.89. The lowest BCUT2D eigenvalue weighted by molar-refractivity contribution is 0.0785. The highest BCUT2D eigenvalue weighted by Crippen LogP contribution is 2.35. The minimum Gasteiger partial charge on any atom is -0.457 e. The van der Waals surface area contributed by atoms with Gasteiger partial charge in [-0.3, -0.25) is 9.59 Å². The molecule has 1 aliphatic rings. The number of pyridine rings is 1. The molecule has 0 bridgehead atoms. The van der Waals surface area contributed by atoms with Crippen molar-refractivity contribution in [1.82, 2.24) is 9.88 Å². The van der Waals surface area contributed by atoms with E-state index < -0.39 is 5.91 Å². The van der Waals surface area contributed by atoms with Gasteiger partial charge >= 0.3 is 0 Å². The van der Waals surface area contributed by atoms with Gasteiger partial charge in [-0.05, 0) is 53.8 Å². The van der Waals surface area contributed by atoms with Gasteiger partial charge in [0.15, 0.2) is 0 Å². The van der Waals surface area contributed by atoms with Gasteiger partial charge in [0.2, 0.25) is 5.91 Å². The minimum absolute atomic E-state index is 0.0176. The van der Waals surface area contributed by atoms with Crippen molar-refractivity contribution in [2.75, 3.05) is 13.1 Å². The van der Waals surface area contributed by atoms with Crippen LogP contribution in [0.2, 0.25) is 5.02 Å². The number of primary amides is 1. The van der Waals surface area contributed by atoms with Gasteiger partial charge < -0.3 is 15.4 Å². The molecule has 0 saturated carbocycles. The number of carbonyl (C=O) groups excluding carboxylic acids is 2. The number of amides is 2. The summed E-state index contributed by atoms with van der Waals surface area (Å²) in [6.45, 7) is 5.22. The molecular weight excluding hydrogens is 438 g/mol. The highest BCUT2D eigenvalue weighted by atomic mass is 35.5. The molecule has 4 rings (SSSR count). The molecule has 6 nitrogen and oxygen atoms in total. The van der Waals surface area contributed by atoms with Gasteiger partial charge in [0.25, 0.3) is 5.91 Å². The van der Waals surface area contributed by atoms with Crippen LogP contribution in [0.5, 0.6) is 11.5 Å². The molecule has 2 amide bonds. The monoisotopic (exact) mass is 463 g/mol. The summed E-state index contributed by atoms with van der Waals surface area (Å²) < 4.78 is 6.11. The van der Waals surface area contributed by atoms with E-state index >= 15 is 0 Å². The van der Waals surface area contributed by atoms with Gasteiger partial charge in [0.1, 0.15) is 17.2 Å². The summed E-state index contributed by atoms with van der Waals surface area (Å²) in [5.41, 5.74) is 8.27. The summed E-state index contributed by atoms with van der Waals surface area (Å²) in [6.07, 6.45) is 2.26. The third-order valence-corrected chi connectivity index (χ3v) is 6.24. The first-order valence-corrected chi connectivity index (χ1v) is 11.3. The number of aromatic nitrogens is 1. The van der Waals surface area contributed by atoms with Gasteiger partial charge in [0.05, 0.1) is 5.02 Å². The Balaban J connectivity index is 1.56. The SMILES string of the molecule is CC(C)c1ccccc1Oc1ccc(C2CCN(C(=O)c3ncccc3Cl)C2)c(C(N)=O)c1. The second kappa shape index (κ2) is 9.63. The maximum Gasteiger partial charge on any atom is 0.274 e. The first-order valence-electron chi connectivity index (χ1n) is 11.0. The third kappa shape index (κ3) is 4.86. The molecule has 7 heteroatoms. The molecule has 2 heterocycles. The van der Waals surface area contributed by atoms with E-state index in [-0.39, 0.29) is 17.5 Å². The Morgan fingerprint density at radius 1 is 1.15 bits per heavy atom. The second-order valence-electron chi connectivity index (χ2n) is 8.48. The Morgan fingerprint density at radius 3 is 2.67 bits per heavy atom. The van der Waals surface area contributed by atoms with Crippen molar-refractivity contribution in [2.24, 2.45) is 5.73 Å². The predicted molar refractivity (Wildman–Crippen MR) is 128 cm³/mol. The molecule has 3 aromatic rings. The van der Waals surface area contributed by atoms with E-state index in [2.05, 4.69) is 18.8 Å². The molecule has 1 aromatic heterocycles. The smallest absolute Gasteiger partial charge is 0.274 e. The molecule has 0 aliphatic carbocycles. The molecule has 2 aromatic carbocycles. The zero-order valence-corrected chi connectivity index (χ0v) is 19.4. The summed E-state index contributed by atoms with van der Waals surface area (Å²) >= 11 is 6.15. The Bertz CT molecular complexity index is 1190. The van der Waals surface area contributed by atoms with Gasteiger partial charge in [-0.15, -0.1) is 0 Å². The summed E-state index contributed by atoms with van der Waals surface area (Å²) in [6, 6.07) is 16.6. The molecule has 1 unspecified atom stereocenters. The quantitative estimate of drug-likeness (QED) is 0.531. The van der Waals surface area contributed by atoms with E-state index in [4.69, 9.17) is 22.1 Å². The van der Waals surface area contributed by atoms with Gasteiger partial charge in [-0.25, -0.2) is 4.98 Å². The van der Waals surface area contributed by atoms with E-state index in [9.17, 15) is 9.59 Å². The van der Waals surface area contributed by atoms with Crippen LogP contribution in [-0.4, -0.2) is 34.8 Å². The number of ether oxygens (including phenoxy) is 1. The topological polar surface area (TPSA) is 85.5 Å². The van der Waals surface area contributed by atoms with E-state index in [0.717, 1.165) is 16.9 Å². The van der Waals surface area contributed by atoms with Crippen molar-refractivity contribution in [1.29, 1.82) is 0 Å². The Morgan fingerprint density at radius 2 is 1.94 bits per heavy atom. The fourth-order valence-corrected chi connectivity index (χ4v) is 4.44. The average Bonchev–Trinajstić information content (AvgIpc) is 3.29. The largest absolute Gasteiger partial charge is 0.457 e. The lowest BCUT2D eigenvalue weighted by Gasteiger charge is -2.19. The number of likely N-dealkylation sites (tertiary alicyclic amines) is 1. The maximum atomic E-state index is 12.9. The highest BCUT2D eigenvalue weighted by Gasteiger charge is 2.31. The average molecular weight is 464 g/mol. The van der Waals surface area contributed by atoms with Crippen molar-refractivity contribution >= 4 is 23.4 Å². The van der Waals surface area contributed by atoms with Crippen LogP contribution in [0, 0.1) is 0 Å². The van der Waals surface area contributed by atoms with Crippen molar-refractivity contribution in [2.45, 2.75) is 32.1 Å². The van der Waals surface area contributed by atoms with Gasteiger partial charge in [0, 0.05) is 30.8 Å². The van der Waals surface area contributed by atoms with Crippen molar-refractivity contribution in [3.63, 3.8) is 0 Å². The Kier molecular flexibility index (Phi) is 6.65. The Hall–Kier alpha value is -3.38. The summed E-state index contributed by atoms with van der Waals surface area (Å²) in [5, 5.41) is 0.326. The standard InChI is InChI=1S/C26H26ClN3O3/c1-16(2)19-6-3-4-8-23(19)33-18-9-10-20(21(14-18)25(28)31)17-11-13-30(15-17)26(32)24-22(27)7-5-12-29-24/h3-10,12,14,16-17H,11,13,15H2,1-2H3,(H2,28,31). The first-order chi connectivity index (χ1) is 15.8. The van der Waals surface area contributed by atoms with Crippen LogP contribution in [0.4, 0.5) is 0 Å². The number of nitrogens with zero attached hydrogens (tertiary/aromatic N) is 2. The number of hydrogen-bond acceptors (Lipinski definition) is 4. The maximum absolute atomic E-state index is 12.9. The van der Waals surface area contributed by atoms with E-state index in [0.29, 0.717) is 41.8 Å². The minimum atomic E-state index is -0.523. The molecule has 170 valence electrons. The zero-order valence-electron chi connectivity index (χ0n) is 18.6. The fourth-order valence-electron chi connectivity index (χ4n) is 4.24. The molecule has 0 spiro atoms. The number of benzene rings is 2.